The number of hydrogen-bond donors (Lipinski definition) is 1. The molecule has 0 aliphatic carbocycles. The maximum absolute atomic E-state index is 14.0. The van der Waals surface area contributed by atoms with E-state index >= 15 is 0 Å². The molecule has 1 heterocycles. The number of hydrogen-bond acceptors (Lipinski definition) is 5. The van der Waals surface area contributed by atoms with E-state index in [1.54, 1.807) is 36.4 Å². The average Bonchev–Trinajstić information content (AvgIpc) is 2.59. The number of rotatable bonds is 5. The van der Waals surface area contributed by atoms with Gasteiger partial charge in [0.05, 0.1) is 5.69 Å². The summed E-state index contributed by atoms with van der Waals surface area (Å²) in [6.07, 6.45) is 1.93. The van der Waals surface area contributed by atoms with Gasteiger partial charge in [0.25, 0.3) is 0 Å². The lowest BCUT2D eigenvalue weighted by Gasteiger charge is -2.10. The molecule has 0 spiro atoms. The van der Waals surface area contributed by atoms with Gasteiger partial charge in [-0.15, -0.1) is 0 Å². The monoisotopic (exact) mass is 360 g/mol. The van der Waals surface area contributed by atoms with Crippen molar-refractivity contribution in [1.82, 2.24) is 9.97 Å². The fourth-order valence-corrected chi connectivity index (χ4v) is 3.20. The van der Waals surface area contributed by atoms with E-state index < -0.39 is 9.84 Å². The largest absolute Gasteiger partial charge is 0.396 e. The molecule has 0 atom stereocenters. The molecule has 1 aromatic heterocycles. The number of nitrogens with zero attached hydrogens (tertiary/aromatic N) is 2. The van der Waals surface area contributed by atoms with Gasteiger partial charge in [0.2, 0.25) is 15.0 Å². The number of benzene rings is 2. The van der Waals surface area contributed by atoms with Crippen LogP contribution in [0.1, 0.15) is 12.1 Å². The van der Waals surface area contributed by atoms with E-state index in [-0.39, 0.29) is 17.6 Å². The number of fused-ring (bicyclic) bond motifs is 1. The molecule has 5 nitrogen and oxygen atoms in total. The fraction of sp³-hybridized carbons (Fsp3) is 0.222. The molecule has 0 aliphatic heterocycles. The highest BCUT2D eigenvalue weighted by atomic mass is 32.2. The van der Waals surface area contributed by atoms with Crippen molar-refractivity contribution in [2.45, 2.75) is 18.0 Å². The molecule has 0 saturated carbocycles. The lowest BCUT2D eigenvalue weighted by Crippen LogP contribution is -2.08. The lowest BCUT2D eigenvalue weighted by molar-refractivity contribution is 0.288. The van der Waals surface area contributed by atoms with Crippen molar-refractivity contribution in [3.8, 4) is 11.3 Å². The summed E-state index contributed by atoms with van der Waals surface area (Å²) in [7, 11) is -3.60. The van der Waals surface area contributed by atoms with Gasteiger partial charge in [0, 0.05) is 29.5 Å². The first-order valence-corrected chi connectivity index (χ1v) is 9.66. The van der Waals surface area contributed by atoms with Crippen LogP contribution in [-0.2, 0) is 16.3 Å². The number of aliphatic hydroxyl groups is 1. The van der Waals surface area contributed by atoms with Gasteiger partial charge in [0.15, 0.2) is 0 Å². The predicted octanol–water partition coefficient (Wildman–Crippen LogP) is 2.76. The van der Waals surface area contributed by atoms with Crippen LogP contribution in [0.3, 0.4) is 0 Å². The second-order valence-corrected chi connectivity index (χ2v) is 7.68. The van der Waals surface area contributed by atoms with Gasteiger partial charge in [-0.05, 0) is 36.4 Å². The third kappa shape index (κ3) is 3.67. The van der Waals surface area contributed by atoms with Gasteiger partial charge in [-0.1, -0.05) is 24.3 Å². The van der Waals surface area contributed by atoms with E-state index in [9.17, 15) is 12.8 Å². The molecule has 1 N–H and O–H groups in total. The van der Waals surface area contributed by atoms with Crippen LogP contribution in [0.25, 0.3) is 22.0 Å². The molecule has 0 fully saturated rings. The Morgan fingerprint density at radius 1 is 1.08 bits per heavy atom. The second kappa shape index (κ2) is 6.85. The van der Waals surface area contributed by atoms with Crippen LogP contribution in [0.15, 0.2) is 47.6 Å². The lowest BCUT2D eigenvalue weighted by atomic mass is 10.0. The number of sulfone groups is 1. The Bertz CT molecular complexity index is 1040. The smallest absolute Gasteiger partial charge is 0.247 e. The van der Waals surface area contributed by atoms with Crippen molar-refractivity contribution >= 4 is 20.6 Å². The highest BCUT2D eigenvalue weighted by Gasteiger charge is 2.17. The summed E-state index contributed by atoms with van der Waals surface area (Å²) >= 11 is 0. The third-order valence-corrected chi connectivity index (χ3v) is 4.67. The molecule has 0 amide bonds. The molecule has 2 aromatic carbocycles. The number of aliphatic hydroxyl groups excluding tert-OH is 1. The van der Waals surface area contributed by atoms with Crippen LogP contribution in [-0.4, -0.2) is 36.4 Å². The average molecular weight is 360 g/mol. The Kier molecular flexibility index (Phi) is 4.78. The quantitative estimate of drug-likeness (QED) is 0.708. The first-order valence-electron chi connectivity index (χ1n) is 7.76. The van der Waals surface area contributed by atoms with Crippen LogP contribution >= 0.6 is 0 Å². The van der Waals surface area contributed by atoms with E-state index in [0.717, 1.165) is 6.26 Å². The van der Waals surface area contributed by atoms with Crippen LogP contribution in [0.4, 0.5) is 4.39 Å². The molecular weight excluding hydrogens is 343 g/mol. The van der Waals surface area contributed by atoms with Crippen LogP contribution in [0, 0.1) is 5.82 Å². The minimum atomic E-state index is -3.60. The Labute approximate surface area is 145 Å². The second-order valence-electron chi connectivity index (χ2n) is 5.77. The van der Waals surface area contributed by atoms with Gasteiger partial charge in [-0.2, -0.15) is 0 Å². The van der Waals surface area contributed by atoms with Crippen molar-refractivity contribution in [3.05, 3.63) is 54.0 Å². The number of aromatic nitrogens is 2. The van der Waals surface area contributed by atoms with Gasteiger partial charge < -0.3 is 5.11 Å². The summed E-state index contributed by atoms with van der Waals surface area (Å²) in [5, 5.41) is 9.83. The minimum absolute atomic E-state index is 0.0208. The normalized spacial score (nSPS) is 11.8. The molecule has 130 valence electrons. The van der Waals surface area contributed by atoms with Gasteiger partial charge in [-0.3, -0.25) is 0 Å². The zero-order chi connectivity index (χ0) is 18.0. The third-order valence-electron chi connectivity index (χ3n) is 3.83. The summed E-state index contributed by atoms with van der Waals surface area (Å²) in [4.78, 5) is 8.26. The molecule has 7 heteroatoms. The summed E-state index contributed by atoms with van der Waals surface area (Å²) in [5.74, 6) is -0.350. The van der Waals surface area contributed by atoms with E-state index in [1.165, 1.54) is 6.07 Å². The Morgan fingerprint density at radius 3 is 2.48 bits per heavy atom. The highest BCUT2D eigenvalue weighted by molar-refractivity contribution is 7.90. The summed E-state index contributed by atoms with van der Waals surface area (Å²) in [5.41, 5.74) is 1.57. The molecule has 0 radical (unpaired) electrons. The van der Waals surface area contributed by atoms with Gasteiger partial charge >= 0.3 is 0 Å². The molecule has 0 aliphatic rings. The molecule has 25 heavy (non-hydrogen) atoms. The van der Waals surface area contributed by atoms with E-state index in [0.29, 0.717) is 40.6 Å². The van der Waals surface area contributed by atoms with E-state index in [2.05, 4.69) is 9.97 Å². The molecule has 0 bridgehead atoms. The minimum Gasteiger partial charge on any atom is -0.396 e. The zero-order valence-electron chi connectivity index (χ0n) is 13.6. The highest BCUT2D eigenvalue weighted by Crippen LogP contribution is 2.30. The maximum atomic E-state index is 14.0. The number of halogens is 1. The molecule has 3 rings (SSSR count). The summed E-state index contributed by atoms with van der Waals surface area (Å²) in [6, 6.07) is 11.6. The molecular formula is C18H17FN2O3S. The number of aryl methyl sites for hydroxylation is 1. The zero-order valence-corrected chi connectivity index (χ0v) is 14.4. The molecule has 0 saturated heterocycles. The molecule has 3 aromatic rings. The van der Waals surface area contributed by atoms with Crippen LogP contribution < -0.4 is 0 Å². The van der Waals surface area contributed by atoms with E-state index in [4.69, 9.17) is 5.11 Å². The van der Waals surface area contributed by atoms with Crippen LogP contribution in [0.2, 0.25) is 0 Å². The first-order chi connectivity index (χ1) is 11.9. The Hall–Kier alpha value is -2.38. The Morgan fingerprint density at radius 2 is 1.80 bits per heavy atom. The van der Waals surface area contributed by atoms with Crippen molar-refractivity contribution in [2.24, 2.45) is 0 Å². The fourth-order valence-electron chi connectivity index (χ4n) is 2.65. The Balaban J connectivity index is 2.25. The van der Waals surface area contributed by atoms with Crippen molar-refractivity contribution < 1.29 is 17.9 Å². The van der Waals surface area contributed by atoms with Crippen molar-refractivity contribution in [3.63, 3.8) is 0 Å². The summed E-state index contributed by atoms with van der Waals surface area (Å²) < 4.78 is 37.9. The van der Waals surface area contributed by atoms with Crippen molar-refractivity contribution in [2.75, 3.05) is 12.9 Å². The molecule has 0 unspecified atom stereocenters. The first kappa shape index (κ1) is 17.4. The van der Waals surface area contributed by atoms with Crippen LogP contribution in [0.5, 0.6) is 0 Å². The van der Waals surface area contributed by atoms with E-state index in [1.807, 2.05) is 0 Å². The summed E-state index contributed by atoms with van der Waals surface area (Å²) in [6.45, 7) is -0.0208. The SMILES string of the molecule is CS(=O)(=O)c1nc(CCCO)cc(-c2ccc(F)c3ccccc23)n1. The van der Waals surface area contributed by atoms with Crippen molar-refractivity contribution in [1.29, 1.82) is 0 Å². The van der Waals surface area contributed by atoms with Gasteiger partial charge in [0.1, 0.15) is 5.82 Å². The maximum Gasteiger partial charge on any atom is 0.247 e. The standard InChI is InChI=1S/C18H17FN2O3S/c1-25(23,24)18-20-12(5-4-10-22)11-17(21-18)15-8-9-16(19)14-7-3-2-6-13(14)15/h2-3,6-9,11,22H,4-5,10H2,1H3. The topological polar surface area (TPSA) is 80.2 Å². The predicted molar refractivity (Wildman–Crippen MR) is 93.4 cm³/mol. The van der Waals surface area contributed by atoms with Gasteiger partial charge in [-0.25, -0.2) is 22.8 Å².